The summed E-state index contributed by atoms with van der Waals surface area (Å²) in [5.74, 6) is -0.460. The normalized spacial score (nSPS) is 10.2. The van der Waals surface area contributed by atoms with Crippen LogP contribution in [0.15, 0.2) is 72.8 Å². The van der Waals surface area contributed by atoms with E-state index in [9.17, 15) is 9.59 Å². The first-order valence-corrected chi connectivity index (χ1v) is 9.06. The number of hydrogen-bond acceptors (Lipinski definition) is 3. The summed E-state index contributed by atoms with van der Waals surface area (Å²) in [7, 11) is 3.78. The predicted octanol–water partition coefficient (Wildman–Crippen LogP) is 4.91. The van der Waals surface area contributed by atoms with Crippen molar-refractivity contribution in [2.45, 2.75) is 0 Å². The highest BCUT2D eigenvalue weighted by Gasteiger charge is 2.12. The second kappa shape index (κ2) is 8.59. The van der Waals surface area contributed by atoms with E-state index >= 15 is 0 Å². The van der Waals surface area contributed by atoms with Crippen molar-refractivity contribution in [3.63, 3.8) is 0 Å². The van der Waals surface area contributed by atoms with Gasteiger partial charge in [-0.05, 0) is 54.6 Å². The highest BCUT2D eigenvalue weighted by Crippen LogP contribution is 2.28. The molecular weight excluding hydrogens is 374 g/mol. The number of nitrogens with zero attached hydrogens (tertiary/aromatic N) is 1. The molecule has 0 aliphatic heterocycles. The maximum atomic E-state index is 12.6. The minimum absolute atomic E-state index is 0.202. The number of hydrogen-bond donors (Lipinski definition) is 2. The lowest BCUT2D eigenvalue weighted by Gasteiger charge is -2.18. The van der Waals surface area contributed by atoms with Crippen LogP contribution in [-0.4, -0.2) is 25.9 Å². The monoisotopic (exact) mass is 393 g/mol. The van der Waals surface area contributed by atoms with Crippen molar-refractivity contribution in [1.29, 1.82) is 0 Å². The lowest BCUT2D eigenvalue weighted by atomic mass is 10.1. The smallest absolute Gasteiger partial charge is 0.255 e. The summed E-state index contributed by atoms with van der Waals surface area (Å²) in [6, 6.07) is 21.0. The molecule has 0 radical (unpaired) electrons. The Hall–Kier alpha value is -3.31. The second-order valence-electron chi connectivity index (χ2n) is 6.41. The molecule has 0 fully saturated rings. The number of carbonyl (C=O) groups excluding carboxylic acids is 2. The first-order valence-electron chi connectivity index (χ1n) is 8.69. The topological polar surface area (TPSA) is 61.4 Å². The number of halogens is 1. The molecular formula is C22H20ClN3O2. The van der Waals surface area contributed by atoms with Crippen LogP contribution in [0, 0.1) is 0 Å². The van der Waals surface area contributed by atoms with E-state index in [-0.39, 0.29) is 11.8 Å². The molecule has 3 aromatic carbocycles. The van der Waals surface area contributed by atoms with Crippen molar-refractivity contribution in [2.75, 3.05) is 29.6 Å². The van der Waals surface area contributed by atoms with Gasteiger partial charge < -0.3 is 15.5 Å². The summed E-state index contributed by atoms with van der Waals surface area (Å²) in [5.41, 5.74) is 3.14. The Labute approximate surface area is 168 Å². The van der Waals surface area contributed by atoms with E-state index in [1.54, 1.807) is 60.7 Å². The molecule has 142 valence electrons. The lowest BCUT2D eigenvalue weighted by Crippen LogP contribution is -2.17. The maximum Gasteiger partial charge on any atom is 0.255 e. The molecule has 0 bridgehead atoms. The van der Waals surface area contributed by atoms with Crippen LogP contribution >= 0.6 is 11.6 Å². The van der Waals surface area contributed by atoms with Gasteiger partial charge >= 0.3 is 0 Å². The minimum atomic E-state index is -0.258. The quantitative estimate of drug-likeness (QED) is 0.647. The summed E-state index contributed by atoms with van der Waals surface area (Å²) in [6.07, 6.45) is 0. The highest BCUT2D eigenvalue weighted by atomic mass is 35.5. The van der Waals surface area contributed by atoms with Crippen molar-refractivity contribution < 1.29 is 9.59 Å². The van der Waals surface area contributed by atoms with Crippen LogP contribution in [-0.2, 0) is 0 Å². The van der Waals surface area contributed by atoms with Crippen LogP contribution in [0.3, 0.4) is 0 Å². The third-order valence-corrected chi connectivity index (χ3v) is 4.36. The zero-order valence-electron chi connectivity index (χ0n) is 15.6. The summed E-state index contributed by atoms with van der Waals surface area (Å²) in [6.45, 7) is 0. The molecule has 0 heterocycles. The zero-order valence-corrected chi connectivity index (χ0v) is 16.3. The molecule has 0 unspecified atom stereocenters. The van der Waals surface area contributed by atoms with Crippen molar-refractivity contribution in [3.8, 4) is 0 Å². The zero-order chi connectivity index (χ0) is 20.1. The van der Waals surface area contributed by atoms with Gasteiger partial charge in [0, 0.05) is 35.9 Å². The highest BCUT2D eigenvalue weighted by molar-refractivity contribution is 6.31. The van der Waals surface area contributed by atoms with Gasteiger partial charge in [-0.2, -0.15) is 0 Å². The molecule has 0 aliphatic rings. The number of anilines is 3. The third-order valence-electron chi connectivity index (χ3n) is 4.13. The molecule has 2 N–H and O–H groups in total. The SMILES string of the molecule is CN(C)c1ccc(Cl)cc1NC(=O)c1ccc(NC(=O)c2ccccc2)cc1. The van der Waals surface area contributed by atoms with Gasteiger partial charge in [-0.25, -0.2) is 0 Å². The Balaban J connectivity index is 1.71. The molecule has 0 atom stereocenters. The molecule has 5 nitrogen and oxygen atoms in total. The van der Waals surface area contributed by atoms with Gasteiger partial charge in [0.1, 0.15) is 0 Å². The van der Waals surface area contributed by atoms with Crippen LogP contribution in [0.2, 0.25) is 5.02 Å². The fourth-order valence-electron chi connectivity index (χ4n) is 2.69. The number of rotatable bonds is 5. The Bertz CT molecular complexity index is 986. The van der Waals surface area contributed by atoms with E-state index < -0.39 is 0 Å². The van der Waals surface area contributed by atoms with Crippen LogP contribution < -0.4 is 15.5 Å². The van der Waals surface area contributed by atoms with E-state index in [0.29, 0.717) is 27.5 Å². The van der Waals surface area contributed by atoms with E-state index in [2.05, 4.69) is 10.6 Å². The molecule has 3 rings (SSSR count). The Morgan fingerprint density at radius 1 is 0.786 bits per heavy atom. The lowest BCUT2D eigenvalue weighted by molar-refractivity contribution is 0.102. The predicted molar refractivity (Wildman–Crippen MR) is 115 cm³/mol. The second-order valence-corrected chi connectivity index (χ2v) is 6.84. The van der Waals surface area contributed by atoms with E-state index in [1.165, 1.54) is 0 Å². The fourth-order valence-corrected chi connectivity index (χ4v) is 2.86. The van der Waals surface area contributed by atoms with E-state index in [4.69, 9.17) is 11.6 Å². The van der Waals surface area contributed by atoms with Gasteiger partial charge in [0.05, 0.1) is 11.4 Å². The first kappa shape index (κ1) is 19.5. The summed E-state index contributed by atoms with van der Waals surface area (Å²) >= 11 is 6.06. The van der Waals surface area contributed by atoms with Gasteiger partial charge in [-0.15, -0.1) is 0 Å². The van der Waals surface area contributed by atoms with Gasteiger partial charge in [-0.3, -0.25) is 9.59 Å². The Kier molecular flexibility index (Phi) is 5.96. The number of amides is 2. The van der Waals surface area contributed by atoms with Crippen molar-refractivity contribution in [3.05, 3.63) is 88.9 Å². The average Bonchev–Trinajstić information content (AvgIpc) is 2.69. The maximum absolute atomic E-state index is 12.6. The van der Waals surface area contributed by atoms with E-state index in [0.717, 1.165) is 5.69 Å². The number of carbonyl (C=O) groups is 2. The number of benzene rings is 3. The molecule has 0 spiro atoms. The van der Waals surface area contributed by atoms with Gasteiger partial charge in [0.15, 0.2) is 0 Å². The van der Waals surface area contributed by atoms with Gasteiger partial charge in [-0.1, -0.05) is 29.8 Å². The molecule has 0 aromatic heterocycles. The van der Waals surface area contributed by atoms with Crippen molar-refractivity contribution in [1.82, 2.24) is 0 Å². The minimum Gasteiger partial charge on any atom is -0.376 e. The Morgan fingerprint density at radius 3 is 2.04 bits per heavy atom. The molecule has 28 heavy (non-hydrogen) atoms. The van der Waals surface area contributed by atoms with Crippen molar-refractivity contribution in [2.24, 2.45) is 0 Å². The molecule has 0 aliphatic carbocycles. The largest absolute Gasteiger partial charge is 0.376 e. The fraction of sp³-hybridized carbons (Fsp3) is 0.0909. The van der Waals surface area contributed by atoms with E-state index in [1.807, 2.05) is 31.1 Å². The molecule has 2 amide bonds. The van der Waals surface area contributed by atoms with Gasteiger partial charge in [0.25, 0.3) is 11.8 Å². The molecule has 6 heteroatoms. The molecule has 3 aromatic rings. The summed E-state index contributed by atoms with van der Waals surface area (Å²) in [5, 5.41) is 6.24. The first-order chi connectivity index (χ1) is 13.4. The number of nitrogens with one attached hydrogen (secondary N) is 2. The standard InChI is InChI=1S/C22H20ClN3O2/c1-26(2)20-13-10-17(23)14-19(20)25-22(28)16-8-11-18(12-9-16)24-21(27)15-6-4-3-5-7-15/h3-14H,1-2H3,(H,24,27)(H,25,28). The van der Waals surface area contributed by atoms with Crippen LogP contribution in [0.5, 0.6) is 0 Å². The van der Waals surface area contributed by atoms with Crippen LogP contribution in [0.25, 0.3) is 0 Å². The van der Waals surface area contributed by atoms with Crippen LogP contribution in [0.1, 0.15) is 20.7 Å². The average molecular weight is 394 g/mol. The molecule has 0 saturated heterocycles. The summed E-state index contributed by atoms with van der Waals surface area (Å²) in [4.78, 5) is 26.7. The van der Waals surface area contributed by atoms with Gasteiger partial charge in [0.2, 0.25) is 0 Å². The molecule has 0 saturated carbocycles. The Morgan fingerprint density at radius 2 is 1.39 bits per heavy atom. The third kappa shape index (κ3) is 4.69. The van der Waals surface area contributed by atoms with Crippen molar-refractivity contribution >= 4 is 40.5 Å². The summed E-state index contributed by atoms with van der Waals surface area (Å²) < 4.78 is 0. The van der Waals surface area contributed by atoms with Crippen LogP contribution in [0.4, 0.5) is 17.1 Å².